The molecule has 1 saturated heterocycles. The summed E-state index contributed by atoms with van der Waals surface area (Å²) in [5.41, 5.74) is 0.237. The van der Waals surface area contributed by atoms with E-state index in [1.54, 1.807) is 6.92 Å². The van der Waals surface area contributed by atoms with Gasteiger partial charge in [-0.25, -0.2) is 0 Å². The SMILES string of the molecule is CCC1C(=O)NC(C)C(=O)N1CC1(C)CCC1. The minimum atomic E-state index is -0.367. The first-order chi connectivity index (χ1) is 7.97. The molecule has 0 bridgehead atoms. The fourth-order valence-electron chi connectivity index (χ4n) is 2.86. The van der Waals surface area contributed by atoms with Crippen molar-refractivity contribution in [1.82, 2.24) is 10.2 Å². The highest BCUT2D eigenvalue weighted by Gasteiger charge is 2.42. The van der Waals surface area contributed by atoms with Crippen molar-refractivity contribution in [3.63, 3.8) is 0 Å². The number of carbonyl (C=O) groups is 2. The molecular weight excluding hydrogens is 216 g/mol. The van der Waals surface area contributed by atoms with Gasteiger partial charge < -0.3 is 10.2 Å². The maximum atomic E-state index is 12.2. The van der Waals surface area contributed by atoms with Crippen molar-refractivity contribution in [2.45, 2.75) is 58.5 Å². The van der Waals surface area contributed by atoms with E-state index in [0.29, 0.717) is 6.42 Å². The normalized spacial score (nSPS) is 32.1. The monoisotopic (exact) mass is 238 g/mol. The van der Waals surface area contributed by atoms with Crippen LogP contribution in [-0.2, 0) is 9.59 Å². The molecule has 0 spiro atoms. The van der Waals surface area contributed by atoms with Crippen molar-refractivity contribution < 1.29 is 9.59 Å². The average molecular weight is 238 g/mol. The Labute approximate surface area is 103 Å². The third-order valence-electron chi connectivity index (χ3n) is 4.19. The number of nitrogens with zero attached hydrogens (tertiary/aromatic N) is 1. The number of nitrogens with one attached hydrogen (secondary N) is 1. The Morgan fingerprint density at radius 3 is 2.53 bits per heavy atom. The van der Waals surface area contributed by atoms with Crippen LogP contribution in [-0.4, -0.2) is 35.3 Å². The second kappa shape index (κ2) is 4.31. The van der Waals surface area contributed by atoms with E-state index in [0.717, 1.165) is 6.54 Å². The zero-order chi connectivity index (χ0) is 12.6. The van der Waals surface area contributed by atoms with Crippen LogP contribution in [0.25, 0.3) is 0 Å². The molecule has 1 aliphatic carbocycles. The summed E-state index contributed by atoms with van der Waals surface area (Å²) in [6, 6.07) is -0.634. The topological polar surface area (TPSA) is 49.4 Å². The predicted octanol–water partition coefficient (Wildman–Crippen LogP) is 1.30. The second-order valence-electron chi connectivity index (χ2n) is 5.78. The molecule has 2 unspecified atom stereocenters. The molecule has 0 aromatic carbocycles. The number of amides is 2. The maximum absolute atomic E-state index is 12.2. The van der Waals surface area contributed by atoms with E-state index in [1.165, 1.54) is 19.3 Å². The lowest BCUT2D eigenvalue weighted by Crippen LogP contribution is -2.64. The van der Waals surface area contributed by atoms with E-state index in [4.69, 9.17) is 0 Å². The van der Waals surface area contributed by atoms with Crippen LogP contribution < -0.4 is 5.32 Å². The second-order valence-corrected chi connectivity index (χ2v) is 5.78. The van der Waals surface area contributed by atoms with Gasteiger partial charge in [-0.15, -0.1) is 0 Å². The molecule has 2 rings (SSSR count). The van der Waals surface area contributed by atoms with Crippen molar-refractivity contribution in [3.05, 3.63) is 0 Å². The molecule has 2 amide bonds. The Bertz CT molecular complexity index is 336. The van der Waals surface area contributed by atoms with E-state index >= 15 is 0 Å². The van der Waals surface area contributed by atoms with Crippen LogP contribution in [0.1, 0.15) is 46.5 Å². The predicted molar refractivity (Wildman–Crippen MR) is 65.4 cm³/mol. The summed E-state index contributed by atoms with van der Waals surface area (Å²) >= 11 is 0. The lowest BCUT2D eigenvalue weighted by atomic mass is 9.70. The minimum absolute atomic E-state index is 0.00234. The summed E-state index contributed by atoms with van der Waals surface area (Å²) < 4.78 is 0. The fraction of sp³-hybridized carbons (Fsp3) is 0.846. The quantitative estimate of drug-likeness (QED) is 0.805. The summed E-state index contributed by atoms with van der Waals surface area (Å²) in [6.45, 7) is 6.68. The zero-order valence-corrected chi connectivity index (χ0v) is 11.0. The van der Waals surface area contributed by atoms with Crippen LogP contribution in [0.15, 0.2) is 0 Å². The molecule has 1 heterocycles. The van der Waals surface area contributed by atoms with Crippen molar-refractivity contribution in [1.29, 1.82) is 0 Å². The smallest absolute Gasteiger partial charge is 0.245 e. The van der Waals surface area contributed by atoms with Gasteiger partial charge in [0.05, 0.1) is 0 Å². The molecule has 2 aliphatic rings. The van der Waals surface area contributed by atoms with Gasteiger partial charge in [-0.2, -0.15) is 0 Å². The van der Waals surface area contributed by atoms with Crippen molar-refractivity contribution in [2.75, 3.05) is 6.54 Å². The first-order valence-corrected chi connectivity index (χ1v) is 6.58. The highest BCUT2D eigenvalue weighted by molar-refractivity contribution is 5.96. The summed E-state index contributed by atoms with van der Waals surface area (Å²) in [5, 5.41) is 2.75. The fourth-order valence-corrected chi connectivity index (χ4v) is 2.86. The van der Waals surface area contributed by atoms with Gasteiger partial charge >= 0.3 is 0 Å². The number of piperazine rings is 1. The minimum Gasteiger partial charge on any atom is -0.343 e. The van der Waals surface area contributed by atoms with Crippen molar-refractivity contribution in [2.24, 2.45) is 5.41 Å². The van der Waals surface area contributed by atoms with E-state index in [-0.39, 0.29) is 29.3 Å². The highest BCUT2D eigenvalue weighted by atomic mass is 16.2. The Hall–Kier alpha value is -1.06. The summed E-state index contributed by atoms with van der Waals surface area (Å²) in [7, 11) is 0. The van der Waals surface area contributed by atoms with Gasteiger partial charge in [0.1, 0.15) is 12.1 Å². The van der Waals surface area contributed by atoms with Gasteiger partial charge in [0.15, 0.2) is 0 Å². The van der Waals surface area contributed by atoms with Crippen LogP contribution in [0.4, 0.5) is 0 Å². The van der Waals surface area contributed by atoms with Crippen molar-refractivity contribution >= 4 is 11.8 Å². The molecular formula is C13H22N2O2. The van der Waals surface area contributed by atoms with Gasteiger partial charge in [-0.3, -0.25) is 9.59 Å². The lowest BCUT2D eigenvalue weighted by Gasteiger charge is -2.46. The molecule has 4 heteroatoms. The van der Waals surface area contributed by atoms with Crippen LogP contribution in [0.3, 0.4) is 0 Å². The van der Waals surface area contributed by atoms with Gasteiger partial charge in [-0.1, -0.05) is 20.3 Å². The number of hydrogen-bond donors (Lipinski definition) is 1. The molecule has 2 fully saturated rings. The van der Waals surface area contributed by atoms with Crippen LogP contribution in [0.5, 0.6) is 0 Å². The maximum Gasteiger partial charge on any atom is 0.245 e. The Morgan fingerprint density at radius 2 is 2.06 bits per heavy atom. The van der Waals surface area contributed by atoms with Crippen LogP contribution >= 0.6 is 0 Å². The summed E-state index contributed by atoms with van der Waals surface area (Å²) in [5.74, 6) is 0.0760. The van der Waals surface area contributed by atoms with Crippen LogP contribution in [0, 0.1) is 5.41 Å². The molecule has 2 atom stereocenters. The molecule has 0 radical (unpaired) electrons. The number of rotatable bonds is 3. The van der Waals surface area contributed by atoms with E-state index in [1.807, 2.05) is 11.8 Å². The van der Waals surface area contributed by atoms with E-state index in [2.05, 4.69) is 12.2 Å². The first kappa shape index (κ1) is 12.4. The molecule has 1 aliphatic heterocycles. The lowest BCUT2D eigenvalue weighted by molar-refractivity contribution is -0.151. The van der Waals surface area contributed by atoms with E-state index in [9.17, 15) is 9.59 Å². The molecule has 0 aromatic heterocycles. The first-order valence-electron chi connectivity index (χ1n) is 6.58. The summed E-state index contributed by atoms with van der Waals surface area (Å²) in [6.07, 6.45) is 4.28. The Morgan fingerprint density at radius 1 is 1.41 bits per heavy atom. The molecule has 0 aromatic rings. The standard InChI is InChI=1S/C13H22N2O2/c1-4-10-11(16)14-9(2)12(17)15(10)8-13(3)6-5-7-13/h9-10H,4-8H2,1-3H3,(H,14,16). The third kappa shape index (κ3) is 2.17. The molecule has 96 valence electrons. The van der Waals surface area contributed by atoms with Gasteiger partial charge in [0.2, 0.25) is 11.8 Å². The largest absolute Gasteiger partial charge is 0.343 e. The molecule has 17 heavy (non-hydrogen) atoms. The van der Waals surface area contributed by atoms with Crippen LogP contribution in [0.2, 0.25) is 0 Å². The van der Waals surface area contributed by atoms with E-state index < -0.39 is 0 Å². The van der Waals surface area contributed by atoms with Gasteiger partial charge in [-0.05, 0) is 31.6 Å². The van der Waals surface area contributed by atoms with Gasteiger partial charge in [0.25, 0.3) is 0 Å². The molecule has 4 nitrogen and oxygen atoms in total. The molecule has 1 N–H and O–H groups in total. The van der Waals surface area contributed by atoms with Crippen molar-refractivity contribution in [3.8, 4) is 0 Å². The number of carbonyl (C=O) groups excluding carboxylic acids is 2. The zero-order valence-electron chi connectivity index (χ0n) is 11.0. The third-order valence-corrected chi connectivity index (χ3v) is 4.19. The van der Waals surface area contributed by atoms with Gasteiger partial charge in [0, 0.05) is 6.54 Å². The highest BCUT2D eigenvalue weighted by Crippen LogP contribution is 2.41. The Balaban J connectivity index is 2.14. The summed E-state index contributed by atoms with van der Waals surface area (Å²) in [4.78, 5) is 25.9. The average Bonchev–Trinajstić information content (AvgIpc) is 2.23. The Kier molecular flexibility index (Phi) is 3.15. The molecule has 1 saturated carbocycles. The number of hydrogen-bond acceptors (Lipinski definition) is 2.